The summed E-state index contributed by atoms with van der Waals surface area (Å²) in [6, 6.07) is 10.1. The Bertz CT molecular complexity index is 405. The molecule has 1 saturated heterocycles. The average Bonchev–Trinajstić information content (AvgIpc) is 2.38. The van der Waals surface area contributed by atoms with Gasteiger partial charge in [0.25, 0.3) is 0 Å². The highest BCUT2D eigenvalue weighted by atomic mass is 19.4. The first-order valence-corrected chi connectivity index (χ1v) is 7.04. The SMILES string of the molecule is NC1CCN(CCC(F)(F)F)C(Cc2ccccc2)C1. The number of halogens is 3. The summed E-state index contributed by atoms with van der Waals surface area (Å²) in [7, 11) is 0. The van der Waals surface area contributed by atoms with E-state index in [2.05, 4.69) is 0 Å². The third-order valence-corrected chi connectivity index (χ3v) is 3.87. The molecule has 0 aliphatic carbocycles. The molecule has 1 aliphatic heterocycles. The molecule has 2 rings (SSSR count). The van der Waals surface area contributed by atoms with Gasteiger partial charge in [0.1, 0.15) is 0 Å². The van der Waals surface area contributed by atoms with E-state index >= 15 is 0 Å². The Morgan fingerprint density at radius 3 is 2.55 bits per heavy atom. The lowest BCUT2D eigenvalue weighted by Crippen LogP contribution is -2.48. The minimum Gasteiger partial charge on any atom is -0.328 e. The maximum atomic E-state index is 12.4. The summed E-state index contributed by atoms with van der Waals surface area (Å²) in [5.41, 5.74) is 7.13. The molecule has 2 atom stereocenters. The molecule has 112 valence electrons. The zero-order chi connectivity index (χ0) is 14.6. The van der Waals surface area contributed by atoms with Crippen molar-refractivity contribution in [2.24, 2.45) is 5.73 Å². The fraction of sp³-hybridized carbons (Fsp3) is 0.600. The summed E-state index contributed by atoms with van der Waals surface area (Å²) < 4.78 is 37.2. The summed E-state index contributed by atoms with van der Waals surface area (Å²) >= 11 is 0. The highest BCUT2D eigenvalue weighted by Gasteiger charge is 2.32. The predicted molar refractivity (Wildman–Crippen MR) is 73.4 cm³/mol. The molecule has 0 saturated carbocycles. The predicted octanol–water partition coefficient (Wildman–Crippen LogP) is 2.97. The summed E-state index contributed by atoms with van der Waals surface area (Å²) in [5.74, 6) is 0. The molecule has 0 amide bonds. The maximum absolute atomic E-state index is 12.4. The van der Waals surface area contributed by atoms with Gasteiger partial charge in [0.15, 0.2) is 0 Å². The molecule has 0 radical (unpaired) electrons. The van der Waals surface area contributed by atoms with Gasteiger partial charge < -0.3 is 5.73 Å². The van der Waals surface area contributed by atoms with E-state index < -0.39 is 12.6 Å². The monoisotopic (exact) mass is 286 g/mol. The first kappa shape index (κ1) is 15.3. The van der Waals surface area contributed by atoms with Gasteiger partial charge in [0.05, 0.1) is 6.42 Å². The zero-order valence-corrected chi connectivity index (χ0v) is 11.4. The summed E-state index contributed by atoms with van der Waals surface area (Å²) in [5, 5.41) is 0. The third kappa shape index (κ3) is 4.80. The molecular formula is C15H21F3N2. The van der Waals surface area contributed by atoms with Crippen molar-refractivity contribution >= 4 is 0 Å². The first-order valence-electron chi connectivity index (χ1n) is 7.04. The van der Waals surface area contributed by atoms with Crippen molar-refractivity contribution in [2.45, 2.75) is 43.9 Å². The molecule has 5 heteroatoms. The van der Waals surface area contributed by atoms with Gasteiger partial charge in [-0.1, -0.05) is 30.3 Å². The van der Waals surface area contributed by atoms with E-state index in [0.717, 1.165) is 24.8 Å². The van der Waals surface area contributed by atoms with E-state index in [1.807, 2.05) is 35.2 Å². The van der Waals surface area contributed by atoms with Gasteiger partial charge in [-0.2, -0.15) is 13.2 Å². The number of likely N-dealkylation sites (tertiary alicyclic amines) is 1. The van der Waals surface area contributed by atoms with Gasteiger partial charge in [-0.15, -0.1) is 0 Å². The molecule has 0 aromatic heterocycles. The Labute approximate surface area is 117 Å². The second-order valence-electron chi connectivity index (χ2n) is 5.53. The van der Waals surface area contributed by atoms with Crippen LogP contribution in [0.15, 0.2) is 30.3 Å². The van der Waals surface area contributed by atoms with Crippen LogP contribution in [-0.2, 0) is 6.42 Å². The van der Waals surface area contributed by atoms with E-state index in [-0.39, 0.29) is 18.6 Å². The second kappa shape index (κ2) is 6.59. The lowest BCUT2D eigenvalue weighted by molar-refractivity contribution is -0.139. The van der Waals surface area contributed by atoms with Crippen molar-refractivity contribution in [3.63, 3.8) is 0 Å². The largest absolute Gasteiger partial charge is 0.390 e. The molecule has 0 spiro atoms. The fourth-order valence-corrected chi connectivity index (χ4v) is 2.79. The van der Waals surface area contributed by atoms with Crippen LogP contribution >= 0.6 is 0 Å². The lowest BCUT2D eigenvalue weighted by atomic mass is 9.92. The number of hydrogen-bond donors (Lipinski definition) is 1. The number of alkyl halides is 3. The molecule has 2 nitrogen and oxygen atoms in total. The van der Waals surface area contributed by atoms with Crippen molar-refractivity contribution in [3.05, 3.63) is 35.9 Å². The number of rotatable bonds is 4. The average molecular weight is 286 g/mol. The van der Waals surface area contributed by atoms with Crippen LogP contribution in [0.5, 0.6) is 0 Å². The molecule has 1 aromatic carbocycles. The molecule has 20 heavy (non-hydrogen) atoms. The molecule has 0 bridgehead atoms. The molecule has 1 fully saturated rings. The molecule has 2 N–H and O–H groups in total. The van der Waals surface area contributed by atoms with Gasteiger partial charge in [0.2, 0.25) is 0 Å². The van der Waals surface area contributed by atoms with Crippen molar-refractivity contribution in [1.82, 2.24) is 4.90 Å². The third-order valence-electron chi connectivity index (χ3n) is 3.87. The van der Waals surface area contributed by atoms with Crippen LogP contribution < -0.4 is 5.73 Å². The van der Waals surface area contributed by atoms with Crippen LogP contribution in [0.4, 0.5) is 13.2 Å². The van der Waals surface area contributed by atoms with Crippen LogP contribution in [0.2, 0.25) is 0 Å². The maximum Gasteiger partial charge on any atom is 0.390 e. The Hall–Kier alpha value is -1.07. The summed E-state index contributed by atoms with van der Waals surface area (Å²) in [6.07, 6.45) is -2.51. The zero-order valence-electron chi connectivity index (χ0n) is 11.4. The Morgan fingerprint density at radius 1 is 1.20 bits per heavy atom. The standard InChI is InChI=1S/C15H21F3N2/c16-15(17,18)7-9-20-8-6-13(19)11-14(20)10-12-4-2-1-3-5-12/h1-5,13-14H,6-11,19H2. The molecule has 2 unspecified atom stereocenters. The first-order chi connectivity index (χ1) is 9.44. The van der Waals surface area contributed by atoms with E-state index in [1.165, 1.54) is 0 Å². The Morgan fingerprint density at radius 2 is 1.90 bits per heavy atom. The minimum atomic E-state index is -4.09. The van der Waals surface area contributed by atoms with Crippen LogP contribution in [0.1, 0.15) is 24.8 Å². The van der Waals surface area contributed by atoms with E-state index in [9.17, 15) is 13.2 Å². The van der Waals surface area contributed by atoms with Crippen molar-refractivity contribution in [3.8, 4) is 0 Å². The number of benzene rings is 1. The van der Waals surface area contributed by atoms with Crippen LogP contribution in [-0.4, -0.2) is 36.2 Å². The lowest BCUT2D eigenvalue weighted by Gasteiger charge is -2.38. The highest BCUT2D eigenvalue weighted by molar-refractivity contribution is 5.16. The number of hydrogen-bond acceptors (Lipinski definition) is 2. The quantitative estimate of drug-likeness (QED) is 0.922. The van der Waals surface area contributed by atoms with E-state index in [1.54, 1.807) is 0 Å². The minimum absolute atomic E-state index is 0.0771. The highest BCUT2D eigenvalue weighted by Crippen LogP contribution is 2.25. The van der Waals surface area contributed by atoms with Gasteiger partial charge in [-0.3, -0.25) is 4.90 Å². The van der Waals surface area contributed by atoms with Crippen molar-refractivity contribution in [1.29, 1.82) is 0 Å². The van der Waals surface area contributed by atoms with E-state index in [0.29, 0.717) is 6.54 Å². The van der Waals surface area contributed by atoms with Gasteiger partial charge in [-0.05, 0) is 31.4 Å². The Balaban J connectivity index is 1.97. The van der Waals surface area contributed by atoms with Gasteiger partial charge >= 0.3 is 6.18 Å². The normalized spacial score (nSPS) is 24.8. The van der Waals surface area contributed by atoms with Crippen molar-refractivity contribution in [2.75, 3.05) is 13.1 Å². The number of nitrogens with two attached hydrogens (primary N) is 1. The summed E-state index contributed by atoms with van der Waals surface area (Å²) in [4.78, 5) is 1.95. The smallest absolute Gasteiger partial charge is 0.328 e. The fourth-order valence-electron chi connectivity index (χ4n) is 2.79. The van der Waals surface area contributed by atoms with Crippen LogP contribution in [0.25, 0.3) is 0 Å². The molecule has 1 aliphatic rings. The summed E-state index contributed by atoms with van der Waals surface area (Å²) in [6.45, 7) is 0.739. The number of piperidine rings is 1. The molecule has 1 aromatic rings. The van der Waals surface area contributed by atoms with Crippen molar-refractivity contribution < 1.29 is 13.2 Å². The Kier molecular flexibility index (Phi) is 5.05. The number of nitrogens with zero attached hydrogens (tertiary/aromatic N) is 1. The van der Waals surface area contributed by atoms with Crippen LogP contribution in [0.3, 0.4) is 0 Å². The van der Waals surface area contributed by atoms with Gasteiger partial charge in [0, 0.05) is 18.6 Å². The second-order valence-corrected chi connectivity index (χ2v) is 5.53. The molecule has 1 heterocycles. The topological polar surface area (TPSA) is 29.3 Å². The van der Waals surface area contributed by atoms with Gasteiger partial charge in [-0.25, -0.2) is 0 Å². The van der Waals surface area contributed by atoms with E-state index in [4.69, 9.17) is 5.73 Å². The molecular weight excluding hydrogens is 265 g/mol. The van der Waals surface area contributed by atoms with Crippen LogP contribution in [0, 0.1) is 0 Å².